The quantitative estimate of drug-likeness (QED) is 0.762. The number of hydrogen-bond donors (Lipinski definition) is 2. The van der Waals surface area contributed by atoms with Crippen molar-refractivity contribution in [2.45, 2.75) is 25.0 Å². The lowest BCUT2D eigenvalue weighted by Gasteiger charge is -2.25. The van der Waals surface area contributed by atoms with Gasteiger partial charge in [0.25, 0.3) is 0 Å². The van der Waals surface area contributed by atoms with E-state index in [9.17, 15) is 16.8 Å². The van der Waals surface area contributed by atoms with Gasteiger partial charge < -0.3 is 0 Å². The third kappa shape index (κ3) is 4.82. The van der Waals surface area contributed by atoms with Crippen molar-refractivity contribution in [2.24, 2.45) is 4.40 Å². The summed E-state index contributed by atoms with van der Waals surface area (Å²) in [6.45, 7) is 3.00. The van der Waals surface area contributed by atoms with Gasteiger partial charge in [-0.05, 0) is 42.7 Å². The third-order valence-corrected chi connectivity index (χ3v) is 7.25. The molecule has 0 radical (unpaired) electrons. The average molecular weight is 433 g/mol. The predicted octanol–water partition coefficient (Wildman–Crippen LogP) is 1.88. The Balaban J connectivity index is 1.92. The number of sulfonamides is 1. The first-order valence-electron chi connectivity index (χ1n) is 8.83. The molecule has 0 spiro atoms. The normalized spacial score (nSPS) is 18.7. The second kappa shape index (κ2) is 7.94. The highest BCUT2D eigenvalue weighted by Gasteiger charge is 2.31. The van der Waals surface area contributed by atoms with Gasteiger partial charge in [-0.15, -0.1) is 4.40 Å². The first-order valence-corrected chi connectivity index (χ1v) is 11.8. The number of nitrogens with one attached hydrogen (secondary N) is 2. The molecule has 0 bridgehead atoms. The summed E-state index contributed by atoms with van der Waals surface area (Å²) >= 11 is 0. The lowest BCUT2D eigenvalue weighted by atomic mass is 9.95. The van der Waals surface area contributed by atoms with E-state index in [1.54, 1.807) is 24.3 Å². The molecule has 0 saturated carbocycles. The fourth-order valence-electron chi connectivity index (χ4n) is 2.78. The van der Waals surface area contributed by atoms with Gasteiger partial charge in [0.05, 0.1) is 22.8 Å². The summed E-state index contributed by atoms with van der Waals surface area (Å²) in [6.07, 6.45) is 0. The second-order valence-electron chi connectivity index (χ2n) is 6.86. The van der Waals surface area contributed by atoms with E-state index in [0.717, 1.165) is 16.7 Å². The Kier molecular flexibility index (Phi) is 5.75. The maximum Gasteiger partial charge on any atom is 0.321 e. The van der Waals surface area contributed by atoms with E-state index < -0.39 is 31.4 Å². The zero-order valence-corrected chi connectivity index (χ0v) is 17.5. The molecule has 3 rings (SSSR count). The van der Waals surface area contributed by atoms with Crippen LogP contribution in [0.25, 0.3) is 11.1 Å². The monoisotopic (exact) mass is 432 g/mol. The van der Waals surface area contributed by atoms with Crippen molar-refractivity contribution in [3.8, 4) is 17.2 Å². The van der Waals surface area contributed by atoms with E-state index in [1.165, 1.54) is 13.8 Å². The third-order valence-electron chi connectivity index (χ3n) is 4.55. The molecule has 0 aliphatic carbocycles. The van der Waals surface area contributed by atoms with Crippen LogP contribution >= 0.6 is 0 Å². The molecule has 1 aliphatic rings. The molecule has 8 nitrogen and oxygen atoms in total. The van der Waals surface area contributed by atoms with Crippen molar-refractivity contribution in [3.63, 3.8) is 0 Å². The molecule has 2 N–H and O–H groups in total. The van der Waals surface area contributed by atoms with Crippen LogP contribution in [-0.2, 0) is 20.2 Å². The molecule has 0 saturated heterocycles. The van der Waals surface area contributed by atoms with Gasteiger partial charge in [0.2, 0.25) is 10.0 Å². The fourth-order valence-corrected chi connectivity index (χ4v) is 4.43. The van der Waals surface area contributed by atoms with E-state index in [1.807, 2.05) is 24.3 Å². The Bertz CT molecular complexity index is 1180. The molecule has 29 heavy (non-hydrogen) atoms. The van der Waals surface area contributed by atoms with E-state index in [2.05, 4.69) is 19.9 Å². The lowest BCUT2D eigenvalue weighted by Crippen LogP contribution is -2.46. The average Bonchev–Trinajstić information content (AvgIpc) is 2.67. The topological polar surface area (TPSA) is 128 Å². The largest absolute Gasteiger partial charge is 0.321 e. The zero-order valence-electron chi connectivity index (χ0n) is 15.8. The predicted molar refractivity (Wildman–Crippen MR) is 111 cm³/mol. The zero-order chi connectivity index (χ0) is 21.2. The SMILES string of the molecule is CC(C)S(=O)(=O)NC1=NS(=O)(=O)NCC1c1ccc(-c2ccc(C#N)cc2)cc1. The molecule has 1 atom stereocenters. The van der Waals surface area contributed by atoms with Crippen molar-refractivity contribution in [2.75, 3.05) is 6.54 Å². The highest BCUT2D eigenvalue weighted by Crippen LogP contribution is 2.25. The number of nitriles is 1. The Morgan fingerprint density at radius 3 is 2.17 bits per heavy atom. The number of benzene rings is 2. The minimum absolute atomic E-state index is 0.00199. The molecule has 152 valence electrons. The molecule has 10 heteroatoms. The molecular formula is C19H20N4O4S2. The number of nitrogens with zero attached hydrogens (tertiary/aromatic N) is 2. The molecule has 2 aromatic carbocycles. The molecular weight excluding hydrogens is 412 g/mol. The number of amidine groups is 1. The van der Waals surface area contributed by atoms with Gasteiger partial charge in [-0.1, -0.05) is 36.4 Å². The van der Waals surface area contributed by atoms with Crippen LogP contribution in [0, 0.1) is 11.3 Å². The molecule has 1 aliphatic heterocycles. The molecule has 0 fully saturated rings. The summed E-state index contributed by atoms with van der Waals surface area (Å²) in [5, 5.41) is 8.16. The first kappa shape index (κ1) is 21.0. The van der Waals surface area contributed by atoms with Crippen LogP contribution in [0.2, 0.25) is 0 Å². The number of hydrogen-bond acceptors (Lipinski definition) is 5. The Hall–Kier alpha value is -2.74. The van der Waals surface area contributed by atoms with Crippen molar-refractivity contribution < 1.29 is 16.8 Å². The van der Waals surface area contributed by atoms with Gasteiger partial charge >= 0.3 is 10.2 Å². The highest BCUT2D eigenvalue weighted by atomic mass is 32.2. The maximum absolute atomic E-state index is 12.2. The molecule has 0 amide bonds. The van der Waals surface area contributed by atoms with Gasteiger partial charge in [0.1, 0.15) is 5.84 Å². The first-order chi connectivity index (χ1) is 13.6. The van der Waals surface area contributed by atoms with E-state index in [0.29, 0.717) is 5.56 Å². The van der Waals surface area contributed by atoms with Crippen LogP contribution < -0.4 is 9.44 Å². The molecule has 1 heterocycles. The van der Waals surface area contributed by atoms with Gasteiger partial charge in [-0.3, -0.25) is 4.72 Å². The molecule has 1 unspecified atom stereocenters. The lowest BCUT2D eigenvalue weighted by molar-refractivity contribution is 0.573. The maximum atomic E-state index is 12.2. The summed E-state index contributed by atoms with van der Waals surface area (Å²) in [4.78, 5) is 0. The Morgan fingerprint density at radius 2 is 1.66 bits per heavy atom. The summed E-state index contributed by atoms with van der Waals surface area (Å²) in [7, 11) is -7.69. The van der Waals surface area contributed by atoms with Crippen molar-refractivity contribution in [1.82, 2.24) is 9.44 Å². The van der Waals surface area contributed by atoms with Gasteiger partial charge in [-0.25, -0.2) is 8.42 Å². The van der Waals surface area contributed by atoms with Crippen molar-refractivity contribution in [3.05, 3.63) is 59.7 Å². The van der Waals surface area contributed by atoms with Gasteiger partial charge in [0.15, 0.2) is 0 Å². The van der Waals surface area contributed by atoms with Crippen LogP contribution in [0.5, 0.6) is 0 Å². The van der Waals surface area contributed by atoms with Crippen LogP contribution in [0.15, 0.2) is 52.9 Å². The minimum Gasteiger partial charge on any atom is -0.269 e. The summed E-state index contributed by atoms with van der Waals surface area (Å²) in [6, 6.07) is 16.5. The molecule has 0 aromatic heterocycles. The summed E-state index contributed by atoms with van der Waals surface area (Å²) in [5.41, 5.74) is 3.12. The van der Waals surface area contributed by atoms with Gasteiger partial charge in [-0.2, -0.15) is 18.4 Å². The summed E-state index contributed by atoms with van der Waals surface area (Å²) in [5.74, 6) is -0.689. The standard InChI is InChI=1S/C19H20N4O4S2/c1-13(2)28(24,25)22-19-18(12-21-29(26,27)23-19)17-9-7-16(8-10-17)15-5-3-14(11-20)4-6-15/h3-10,13,18,21H,12H2,1-2H3,(H,22,23). The van der Waals surface area contributed by atoms with E-state index in [4.69, 9.17) is 5.26 Å². The number of rotatable bonds is 4. The smallest absolute Gasteiger partial charge is 0.269 e. The fraction of sp³-hybridized carbons (Fsp3) is 0.263. The summed E-state index contributed by atoms with van der Waals surface area (Å²) < 4.78 is 56.4. The highest BCUT2D eigenvalue weighted by molar-refractivity contribution is 7.91. The molecule has 2 aromatic rings. The van der Waals surface area contributed by atoms with Crippen LogP contribution in [-0.4, -0.2) is 34.5 Å². The van der Waals surface area contributed by atoms with Crippen LogP contribution in [0.3, 0.4) is 0 Å². The van der Waals surface area contributed by atoms with E-state index in [-0.39, 0.29) is 12.4 Å². The second-order valence-corrected chi connectivity index (χ2v) is 10.5. The van der Waals surface area contributed by atoms with Crippen LogP contribution in [0.4, 0.5) is 0 Å². The minimum atomic E-state index is -3.94. The van der Waals surface area contributed by atoms with Crippen LogP contribution in [0.1, 0.15) is 30.9 Å². The van der Waals surface area contributed by atoms with E-state index >= 15 is 0 Å². The van der Waals surface area contributed by atoms with Crippen molar-refractivity contribution >= 4 is 26.1 Å². The Morgan fingerprint density at radius 1 is 1.10 bits per heavy atom. The van der Waals surface area contributed by atoms with Crippen molar-refractivity contribution in [1.29, 1.82) is 5.26 Å². The Labute approximate surface area is 170 Å². The van der Waals surface area contributed by atoms with Gasteiger partial charge in [0, 0.05) is 6.54 Å².